The molecule has 3 rings (SSSR count). The SMILES string of the molecule is COc1ccc(C(=O)N2CCC(CNC(=O)c3cccc(Br)c3)CC2)cc1OC. The van der Waals surface area contributed by atoms with Crippen molar-refractivity contribution in [2.24, 2.45) is 5.92 Å². The minimum Gasteiger partial charge on any atom is -0.493 e. The first kappa shape index (κ1) is 21.2. The van der Waals surface area contributed by atoms with Crippen LogP contribution in [0, 0.1) is 5.92 Å². The number of benzene rings is 2. The summed E-state index contributed by atoms with van der Waals surface area (Å²) in [5.74, 6) is 1.42. The molecule has 0 atom stereocenters. The van der Waals surface area contributed by atoms with Crippen LogP contribution in [0.25, 0.3) is 0 Å². The number of halogens is 1. The Morgan fingerprint density at radius 1 is 1.03 bits per heavy atom. The van der Waals surface area contributed by atoms with E-state index in [0.29, 0.717) is 48.2 Å². The van der Waals surface area contributed by atoms with Crippen molar-refractivity contribution in [1.82, 2.24) is 10.2 Å². The van der Waals surface area contributed by atoms with Crippen molar-refractivity contribution in [3.05, 3.63) is 58.1 Å². The molecular weight excluding hydrogens is 436 g/mol. The summed E-state index contributed by atoms with van der Waals surface area (Å²) in [5.41, 5.74) is 1.23. The molecule has 154 valence electrons. The maximum atomic E-state index is 12.8. The third kappa shape index (κ3) is 5.29. The van der Waals surface area contributed by atoms with Gasteiger partial charge >= 0.3 is 0 Å². The van der Waals surface area contributed by atoms with Crippen LogP contribution in [0.1, 0.15) is 33.6 Å². The lowest BCUT2D eigenvalue weighted by atomic mass is 9.96. The quantitative estimate of drug-likeness (QED) is 0.712. The highest BCUT2D eigenvalue weighted by atomic mass is 79.9. The summed E-state index contributed by atoms with van der Waals surface area (Å²) in [5, 5.41) is 3.01. The highest BCUT2D eigenvalue weighted by molar-refractivity contribution is 9.10. The van der Waals surface area contributed by atoms with Gasteiger partial charge in [-0.1, -0.05) is 22.0 Å². The van der Waals surface area contributed by atoms with E-state index in [4.69, 9.17) is 9.47 Å². The topological polar surface area (TPSA) is 67.9 Å². The van der Waals surface area contributed by atoms with E-state index in [9.17, 15) is 9.59 Å². The number of rotatable bonds is 6. The molecule has 0 spiro atoms. The molecule has 1 heterocycles. The first-order chi connectivity index (χ1) is 14.0. The van der Waals surface area contributed by atoms with Crippen LogP contribution in [0.4, 0.5) is 0 Å². The molecule has 2 aromatic rings. The Labute approximate surface area is 179 Å². The second-order valence-corrected chi connectivity index (χ2v) is 7.94. The fourth-order valence-corrected chi connectivity index (χ4v) is 3.86. The molecule has 1 aliphatic heterocycles. The molecule has 0 unspecified atom stereocenters. The molecule has 7 heteroatoms. The van der Waals surface area contributed by atoms with Crippen LogP contribution in [0.2, 0.25) is 0 Å². The number of nitrogens with zero attached hydrogens (tertiary/aromatic N) is 1. The Balaban J connectivity index is 1.51. The average molecular weight is 461 g/mol. The number of carbonyl (C=O) groups excluding carboxylic acids is 2. The lowest BCUT2D eigenvalue weighted by molar-refractivity contribution is 0.0684. The third-order valence-corrected chi connectivity index (χ3v) is 5.66. The second kappa shape index (κ2) is 9.78. The molecule has 6 nitrogen and oxygen atoms in total. The minimum atomic E-state index is -0.0740. The van der Waals surface area contributed by atoms with Crippen LogP contribution < -0.4 is 14.8 Å². The van der Waals surface area contributed by atoms with E-state index in [1.165, 1.54) is 0 Å². The average Bonchev–Trinajstić information content (AvgIpc) is 2.76. The maximum absolute atomic E-state index is 12.8. The Hall–Kier alpha value is -2.54. The summed E-state index contributed by atoms with van der Waals surface area (Å²) in [6.07, 6.45) is 1.72. The second-order valence-electron chi connectivity index (χ2n) is 7.03. The van der Waals surface area contributed by atoms with Gasteiger partial charge in [-0.3, -0.25) is 9.59 Å². The molecule has 0 aliphatic carbocycles. The summed E-state index contributed by atoms with van der Waals surface area (Å²) < 4.78 is 11.4. The van der Waals surface area contributed by atoms with Crippen molar-refractivity contribution in [3.8, 4) is 11.5 Å². The monoisotopic (exact) mass is 460 g/mol. The van der Waals surface area contributed by atoms with Crippen molar-refractivity contribution in [2.75, 3.05) is 33.9 Å². The molecule has 1 aliphatic rings. The standard InChI is InChI=1S/C22H25BrN2O4/c1-28-19-7-6-17(13-20(19)29-2)22(27)25-10-8-15(9-11-25)14-24-21(26)16-4-3-5-18(23)12-16/h3-7,12-13,15H,8-11,14H2,1-2H3,(H,24,26). The number of carbonyl (C=O) groups is 2. The summed E-state index contributed by atoms with van der Waals surface area (Å²) in [4.78, 5) is 27.0. The van der Waals surface area contributed by atoms with Crippen LogP contribution in [-0.2, 0) is 0 Å². The zero-order valence-electron chi connectivity index (χ0n) is 16.6. The number of amides is 2. The molecule has 1 fully saturated rings. The van der Waals surface area contributed by atoms with E-state index >= 15 is 0 Å². The van der Waals surface area contributed by atoms with Crippen molar-refractivity contribution in [2.45, 2.75) is 12.8 Å². The van der Waals surface area contributed by atoms with Crippen molar-refractivity contribution in [3.63, 3.8) is 0 Å². The van der Waals surface area contributed by atoms with Gasteiger partial charge in [0, 0.05) is 35.2 Å². The number of hydrogen-bond acceptors (Lipinski definition) is 4. The molecule has 1 N–H and O–H groups in total. The zero-order chi connectivity index (χ0) is 20.8. The minimum absolute atomic E-state index is 0.0115. The van der Waals surface area contributed by atoms with Crippen LogP contribution >= 0.6 is 15.9 Å². The van der Waals surface area contributed by atoms with Gasteiger partial charge in [-0.2, -0.15) is 0 Å². The van der Waals surface area contributed by atoms with Crippen LogP contribution in [0.3, 0.4) is 0 Å². The molecule has 0 aromatic heterocycles. The molecular formula is C22H25BrN2O4. The van der Waals surface area contributed by atoms with Gasteiger partial charge in [-0.05, 0) is 55.2 Å². The normalized spacial score (nSPS) is 14.4. The number of hydrogen-bond donors (Lipinski definition) is 1. The number of likely N-dealkylation sites (tertiary alicyclic amines) is 1. The summed E-state index contributed by atoms with van der Waals surface area (Å²) in [6, 6.07) is 12.6. The maximum Gasteiger partial charge on any atom is 0.253 e. The highest BCUT2D eigenvalue weighted by Gasteiger charge is 2.24. The summed E-state index contributed by atoms with van der Waals surface area (Å²) in [6.45, 7) is 1.96. The van der Waals surface area contributed by atoms with Gasteiger partial charge < -0.3 is 19.7 Å². The fraction of sp³-hybridized carbons (Fsp3) is 0.364. The van der Waals surface area contributed by atoms with Crippen molar-refractivity contribution >= 4 is 27.7 Å². The van der Waals surface area contributed by atoms with E-state index < -0.39 is 0 Å². The van der Waals surface area contributed by atoms with Crippen LogP contribution in [0.5, 0.6) is 11.5 Å². The fourth-order valence-electron chi connectivity index (χ4n) is 3.46. The van der Waals surface area contributed by atoms with Crippen LogP contribution in [0.15, 0.2) is 46.9 Å². The lowest BCUT2D eigenvalue weighted by Crippen LogP contribution is -2.41. The molecule has 29 heavy (non-hydrogen) atoms. The van der Waals surface area contributed by atoms with Crippen molar-refractivity contribution < 1.29 is 19.1 Å². The zero-order valence-corrected chi connectivity index (χ0v) is 18.2. The molecule has 1 saturated heterocycles. The Kier molecular flexibility index (Phi) is 7.14. The lowest BCUT2D eigenvalue weighted by Gasteiger charge is -2.32. The van der Waals surface area contributed by atoms with Gasteiger partial charge in [0.05, 0.1) is 14.2 Å². The van der Waals surface area contributed by atoms with Gasteiger partial charge in [0.25, 0.3) is 11.8 Å². The smallest absolute Gasteiger partial charge is 0.253 e. The number of piperidine rings is 1. The van der Waals surface area contributed by atoms with Gasteiger partial charge in [-0.25, -0.2) is 0 Å². The largest absolute Gasteiger partial charge is 0.493 e. The van der Waals surface area contributed by atoms with Crippen molar-refractivity contribution in [1.29, 1.82) is 0 Å². The van der Waals surface area contributed by atoms with Gasteiger partial charge in [0.15, 0.2) is 11.5 Å². The van der Waals surface area contributed by atoms with E-state index in [2.05, 4.69) is 21.2 Å². The molecule has 2 aromatic carbocycles. The van der Waals surface area contributed by atoms with Crippen LogP contribution in [-0.4, -0.2) is 50.6 Å². The number of ether oxygens (including phenoxy) is 2. The summed E-state index contributed by atoms with van der Waals surface area (Å²) >= 11 is 3.38. The first-order valence-electron chi connectivity index (χ1n) is 9.57. The predicted molar refractivity (Wildman–Crippen MR) is 115 cm³/mol. The van der Waals surface area contributed by atoms with E-state index in [1.807, 2.05) is 17.0 Å². The Morgan fingerprint density at radius 2 is 1.76 bits per heavy atom. The molecule has 0 saturated carbocycles. The van der Waals surface area contributed by atoms with E-state index in [1.54, 1.807) is 44.6 Å². The van der Waals surface area contributed by atoms with E-state index in [0.717, 1.165) is 17.3 Å². The van der Waals surface area contributed by atoms with E-state index in [-0.39, 0.29) is 11.8 Å². The molecule has 0 radical (unpaired) electrons. The van der Waals surface area contributed by atoms with Gasteiger partial charge in [0.2, 0.25) is 0 Å². The predicted octanol–water partition coefficient (Wildman–Crippen LogP) is 3.75. The highest BCUT2D eigenvalue weighted by Crippen LogP contribution is 2.28. The first-order valence-corrected chi connectivity index (χ1v) is 10.4. The molecule has 0 bridgehead atoms. The Bertz CT molecular complexity index is 879. The number of nitrogens with one attached hydrogen (secondary N) is 1. The molecule has 2 amide bonds. The summed E-state index contributed by atoms with van der Waals surface area (Å²) in [7, 11) is 3.12. The van der Waals surface area contributed by atoms with Gasteiger partial charge in [0.1, 0.15) is 0 Å². The number of methoxy groups -OCH3 is 2. The third-order valence-electron chi connectivity index (χ3n) is 5.17. The van der Waals surface area contributed by atoms with Gasteiger partial charge in [-0.15, -0.1) is 0 Å². The Morgan fingerprint density at radius 3 is 2.41 bits per heavy atom.